The zero-order valence-corrected chi connectivity index (χ0v) is 14.7. The van der Waals surface area contributed by atoms with Crippen LogP contribution in [0.15, 0.2) is 48.5 Å². The molecule has 1 heterocycles. The van der Waals surface area contributed by atoms with Gasteiger partial charge in [-0.1, -0.05) is 30.3 Å². The van der Waals surface area contributed by atoms with E-state index in [1.54, 1.807) is 19.1 Å². The first kappa shape index (κ1) is 17.9. The van der Waals surface area contributed by atoms with Crippen LogP contribution in [0.25, 0.3) is 0 Å². The third kappa shape index (κ3) is 3.67. The van der Waals surface area contributed by atoms with E-state index in [0.29, 0.717) is 18.7 Å². The molecule has 7 nitrogen and oxygen atoms in total. The third-order valence-corrected chi connectivity index (χ3v) is 4.81. The van der Waals surface area contributed by atoms with E-state index in [9.17, 15) is 14.9 Å². The Morgan fingerprint density at radius 2 is 1.77 bits per heavy atom. The van der Waals surface area contributed by atoms with Gasteiger partial charge in [0.05, 0.1) is 4.92 Å². The van der Waals surface area contributed by atoms with E-state index in [0.717, 1.165) is 24.3 Å². The van der Waals surface area contributed by atoms with Crippen LogP contribution in [0.2, 0.25) is 0 Å². The van der Waals surface area contributed by atoms with Gasteiger partial charge in [-0.05, 0) is 24.6 Å². The van der Waals surface area contributed by atoms with Gasteiger partial charge < -0.3 is 10.6 Å². The summed E-state index contributed by atoms with van der Waals surface area (Å²) >= 11 is 0. The number of carbonyl (C=O) groups is 1. The molecule has 0 spiro atoms. The van der Waals surface area contributed by atoms with Crippen LogP contribution < -0.4 is 10.6 Å². The van der Waals surface area contributed by atoms with E-state index in [2.05, 4.69) is 9.80 Å². The highest BCUT2D eigenvalue weighted by Gasteiger charge is 2.29. The second kappa shape index (κ2) is 7.53. The molecule has 0 aromatic heterocycles. The molecule has 0 aliphatic carbocycles. The quantitative estimate of drug-likeness (QED) is 0.657. The van der Waals surface area contributed by atoms with Gasteiger partial charge in [0.15, 0.2) is 0 Å². The Bertz CT molecular complexity index is 802. The SMILES string of the molecule is Cc1cc(N2CCN(C(C(N)=O)c3ccccc3)CC2)ccc1[N+](=O)[O-]. The van der Waals surface area contributed by atoms with Crippen LogP contribution in [0.3, 0.4) is 0 Å². The van der Waals surface area contributed by atoms with Crippen LogP contribution in [0.1, 0.15) is 17.2 Å². The first-order chi connectivity index (χ1) is 12.5. The summed E-state index contributed by atoms with van der Waals surface area (Å²) < 4.78 is 0. The lowest BCUT2D eigenvalue weighted by molar-refractivity contribution is -0.385. The zero-order valence-electron chi connectivity index (χ0n) is 14.7. The van der Waals surface area contributed by atoms with E-state index in [-0.39, 0.29) is 16.5 Å². The molecule has 1 saturated heterocycles. The molecule has 2 aromatic rings. The number of nitrogens with zero attached hydrogens (tertiary/aromatic N) is 3. The molecule has 1 atom stereocenters. The second-order valence-electron chi connectivity index (χ2n) is 6.47. The first-order valence-electron chi connectivity index (χ1n) is 8.55. The molecule has 1 fully saturated rings. The summed E-state index contributed by atoms with van der Waals surface area (Å²) in [6.07, 6.45) is 0. The smallest absolute Gasteiger partial charge is 0.272 e. The van der Waals surface area contributed by atoms with Gasteiger partial charge >= 0.3 is 0 Å². The lowest BCUT2D eigenvalue weighted by Crippen LogP contribution is -2.50. The zero-order chi connectivity index (χ0) is 18.7. The minimum absolute atomic E-state index is 0.130. The minimum atomic E-state index is -0.433. The Balaban J connectivity index is 1.71. The van der Waals surface area contributed by atoms with E-state index >= 15 is 0 Å². The maximum Gasteiger partial charge on any atom is 0.272 e. The number of carbonyl (C=O) groups excluding carboxylic acids is 1. The molecule has 2 aromatic carbocycles. The number of piperazine rings is 1. The van der Waals surface area contributed by atoms with Gasteiger partial charge in [-0.25, -0.2) is 0 Å². The van der Waals surface area contributed by atoms with Gasteiger partial charge in [0, 0.05) is 43.5 Å². The maximum absolute atomic E-state index is 12.0. The van der Waals surface area contributed by atoms with Crippen LogP contribution in [0.4, 0.5) is 11.4 Å². The van der Waals surface area contributed by atoms with Crippen LogP contribution in [-0.4, -0.2) is 41.9 Å². The van der Waals surface area contributed by atoms with Crippen molar-refractivity contribution in [2.24, 2.45) is 5.73 Å². The number of benzene rings is 2. The molecule has 1 amide bonds. The van der Waals surface area contributed by atoms with Crippen molar-refractivity contribution in [3.63, 3.8) is 0 Å². The largest absolute Gasteiger partial charge is 0.369 e. The Morgan fingerprint density at radius 1 is 1.12 bits per heavy atom. The second-order valence-corrected chi connectivity index (χ2v) is 6.47. The van der Waals surface area contributed by atoms with Crippen molar-refractivity contribution in [3.8, 4) is 0 Å². The molecule has 0 radical (unpaired) electrons. The fourth-order valence-electron chi connectivity index (χ4n) is 3.47. The van der Waals surface area contributed by atoms with Crippen molar-refractivity contribution in [2.75, 3.05) is 31.1 Å². The molecule has 1 aliphatic rings. The molecule has 1 aliphatic heterocycles. The number of aryl methyl sites for hydroxylation is 1. The summed E-state index contributed by atoms with van der Waals surface area (Å²) in [6, 6.07) is 14.3. The maximum atomic E-state index is 12.0. The number of primary amides is 1. The van der Waals surface area contributed by atoms with Crippen molar-refractivity contribution >= 4 is 17.3 Å². The van der Waals surface area contributed by atoms with Crippen molar-refractivity contribution in [3.05, 3.63) is 69.8 Å². The van der Waals surface area contributed by atoms with Gasteiger partial charge in [-0.2, -0.15) is 0 Å². The lowest BCUT2D eigenvalue weighted by atomic mass is 10.0. The molecular weight excluding hydrogens is 332 g/mol. The minimum Gasteiger partial charge on any atom is -0.369 e. The summed E-state index contributed by atoms with van der Waals surface area (Å²) in [5, 5.41) is 11.0. The van der Waals surface area contributed by atoms with Crippen molar-refractivity contribution in [1.82, 2.24) is 4.90 Å². The van der Waals surface area contributed by atoms with E-state index in [4.69, 9.17) is 5.73 Å². The number of rotatable bonds is 5. The van der Waals surface area contributed by atoms with E-state index < -0.39 is 6.04 Å². The number of amides is 1. The number of nitro benzene ring substituents is 1. The third-order valence-electron chi connectivity index (χ3n) is 4.81. The topological polar surface area (TPSA) is 92.7 Å². The number of nitrogens with two attached hydrogens (primary N) is 1. The predicted molar refractivity (Wildman–Crippen MR) is 100.0 cm³/mol. The number of hydrogen-bond acceptors (Lipinski definition) is 5. The monoisotopic (exact) mass is 354 g/mol. The van der Waals surface area contributed by atoms with Gasteiger partial charge in [-0.3, -0.25) is 19.8 Å². The average molecular weight is 354 g/mol. The summed E-state index contributed by atoms with van der Waals surface area (Å²) in [5.41, 5.74) is 8.29. The fourth-order valence-corrected chi connectivity index (χ4v) is 3.47. The summed E-state index contributed by atoms with van der Waals surface area (Å²) in [5.74, 6) is -0.351. The average Bonchev–Trinajstić information content (AvgIpc) is 2.62. The molecule has 7 heteroatoms. The van der Waals surface area contributed by atoms with Gasteiger partial charge in [0.2, 0.25) is 5.91 Å². The molecular formula is C19H22N4O3. The van der Waals surface area contributed by atoms with Crippen LogP contribution in [-0.2, 0) is 4.79 Å². The molecule has 1 unspecified atom stereocenters. The first-order valence-corrected chi connectivity index (χ1v) is 8.55. The standard InChI is InChI=1S/C19H22N4O3/c1-14-13-16(7-8-17(14)23(25)26)21-9-11-22(12-10-21)18(19(20)24)15-5-3-2-4-6-15/h2-8,13,18H,9-12H2,1H3,(H2,20,24). The summed E-state index contributed by atoms with van der Waals surface area (Å²) in [4.78, 5) is 26.9. The normalized spacial score (nSPS) is 16.3. The van der Waals surface area contributed by atoms with E-state index in [1.807, 2.05) is 36.4 Å². The predicted octanol–water partition coefficient (Wildman–Crippen LogP) is 2.25. The van der Waals surface area contributed by atoms with Gasteiger partial charge in [0.1, 0.15) is 6.04 Å². The highest BCUT2D eigenvalue weighted by Crippen LogP contribution is 2.27. The van der Waals surface area contributed by atoms with Gasteiger partial charge in [-0.15, -0.1) is 0 Å². The highest BCUT2D eigenvalue weighted by atomic mass is 16.6. The van der Waals surface area contributed by atoms with Crippen molar-refractivity contribution in [1.29, 1.82) is 0 Å². The Kier molecular flexibility index (Phi) is 5.18. The Labute approximate surface area is 152 Å². The van der Waals surface area contributed by atoms with Crippen LogP contribution in [0.5, 0.6) is 0 Å². The molecule has 0 saturated carbocycles. The summed E-state index contributed by atoms with van der Waals surface area (Å²) in [7, 11) is 0. The van der Waals surface area contributed by atoms with Gasteiger partial charge in [0.25, 0.3) is 5.69 Å². The van der Waals surface area contributed by atoms with Crippen molar-refractivity contribution in [2.45, 2.75) is 13.0 Å². The molecule has 2 N–H and O–H groups in total. The Hall–Kier alpha value is -2.93. The molecule has 0 bridgehead atoms. The lowest BCUT2D eigenvalue weighted by Gasteiger charge is -2.39. The van der Waals surface area contributed by atoms with E-state index in [1.165, 1.54) is 0 Å². The molecule has 136 valence electrons. The van der Waals surface area contributed by atoms with Crippen molar-refractivity contribution < 1.29 is 9.72 Å². The Morgan fingerprint density at radius 3 is 2.31 bits per heavy atom. The number of nitro groups is 1. The van der Waals surface area contributed by atoms with Crippen LogP contribution >= 0.6 is 0 Å². The molecule has 26 heavy (non-hydrogen) atoms. The number of anilines is 1. The highest BCUT2D eigenvalue weighted by molar-refractivity contribution is 5.81. The molecule has 3 rings (SSSR count). The van der Waals surface area contributed by atoms with Crippen LogP contribution in [0, 0.1) is 17.0 Å². The fraction of sp³-hybridized carbons (Fsp3) is 0.316. The summed E-state index contributed by atoms with van der Waals surface area (Å²) in [6.45, 7) is 4.59. The number of hydrogen-bond donors (Lipinski definition) is 1.